The topological polar surface area (TPSA) is 491 Å². The molecular formula is C51H96N16O13. The molecule has 11 amide bonds. The molecule has 458 valence electrons. The normalized spacial score (nSPS) is 23.2. The number of unbranched alkanes of at least 4 members (excludes halogenated alkanes) is 4. The Bertz CT molecular complexity index is 2000. The fraction of sp³-hybridized carbons (Fsp3) is 0.784. The molecule has 1 saturated heterocycles. The fourth-order valence-corrected chi connectivity index (χ4v) is 8.46. The first-order valence-corrected chi connectivity index (χ1v) is 28.1. The van der Waals surface area contributed by atoms with Gasteiger partial charge in [0.2, 0.25) is 65.0 Å². The fourth-order valence-electron chi connectivity index (χ4n) is 8.46. The number of carbonyl (C=O) groups is 11. The number of nitrogens with two attached hydrogens (primary N) is 5. The van der Waals surface area contributed by atoms with E-state index in [0.717, 1.165) is 25.7 Å². The molecule has 29 heteroatoms. The molecule has 0 radical (unpaired) electrons. The quantitative estimate of drug-likeness (QED) is 0.0310. The van der Waals surface area contributed by atoms with Crippen LogP contribution in [-0.2, 0) is 52.7 Å². The minimum atomic E-state index is -1.69. The van der Waals surface area contributed by atoms with Crippen LogP contribution in [0.25, 0.3) is 0 Å². The van der Waals surface area contributed by atoms with Crippen molar-refractivity contribution in [1.82, 2.24) is 58.5 Å². The number of hydrogen-bond donors (Lipinski definition) is 18. The van der Waals surface area contributed by atoms with E-state index >= 15 is 0 Å². The van der Waals surface area contributed by atoms with Gasteiger partial charge in [-0.05, 0) is 103 Å². The molecule has 12 atom stereocenters. The highest BCUT2D eigenvalue weighted by atomic mass is 16.3. The van der Waals surface area contributed by atoms with Crippen molar-refractivity contribution in [2.24, 2.45) is 40.5 Å². The summed E-state index contributed by atoms with van der Waals surface area (Å²) in [5.74, 6) is -10.3. The minimum Gasteiger partial charge on any atom is -0.394 e. The lowest BCUT2D eigenvalue weighted by Crippen LogP contribution is -2.62. The Morgan fingerprint density at radius 2 is 1.05 bits per heavy atom. The van der Waals surface area contributed by atoms with Crippen molar-refractivity contribution < 1.29 is 63.0 Å². The van der Waals surface area contributed by atoms with Crippen molar-refractivity contribution in [3.05, 3.63) is 0 Å². The standard InChI is InChI=1S/C51H96N16O13/c1-7-9-10-11-12-13-39(70)58-31(14-20-52)48(77)67-41(30(6)69)51(80)63-35(18-24-56)44(73)61-36-19-25-57-42(71)38(27-68)65-46(75)33(16-22-54)59-43(72)34(17-23-55)62-50(79)40(29(5)8-2)66-49(78)37(26-28(3)4)64-45(74)32(15-21-53)60-47(36)76/h28-38,40-41,68-69H,7-27,52-56H2,1-6H3,(H,57,71)(H,58,70)(H,59,72)(H,60,76)(H,61,73)(H,62,79)(H,63,80)(H,64,74)(H,65,75)(H,66,78)(H,67,77)/t29-,30+,31-,32-,33-,34-,35-,36-,37+,38-,40-,41-/m0/s1. The minimum absolute atomic E-state index is 0.00920. The lowest BCUT2D eigenvalue weighted by molar-refractivity contribution is -0.137. The number of amides is 11. The number of rotatable bonds is 29. The van der Waals surface area contributed by atoms with Gasteiger partial charge in [-0.1, -0.05) is 66.7 Å². The van der Waals surface area contributed by atoms with Crippen LogP contribution < -0.4 is 87.2 Å². The Balaban J connectivity index is 3.79. The summed E-state index contributed by atoms with van der Waals surface area (Å²) in [5, 5.41) is 48.9. The van der Waals surface area contributed by atoms with Crippen molar-refractivity contribution >= 4 is 65.0 Å². The van der Waals surface area contributed by atoms with Gasteiger partial charge in [-0.3, -0.25) is 52.7 Å². The third kappa shape index (κ3) is 26.0. The van der Waals surface area contributed by atoms with E-state index in [0.29, 0.717) is 12.8 Å². The molecule has 0 aromatic rings. The van der Waals surface area contributed by atoms with Gasteiger partial charge >= 0.3 is 0 Å². The van der Waals surface area contributed by atoms with Crippen LogP contribution in [0.4, 0.5) is 0 Å². The van der Waals surface area contributed by atoms with Gasteiger partial charge in [-0.2, -0.15) is 0 Å². The molecule has 29 nitrogen and oxygen atoms in total. The summed E-state index contributed by atoms with van der Waals surface area (Å²) in [6.07, 6.45) is 2.20. The van der Waals surface area contributed by atoms with Crippen molar-refractivity contribution in [3.63, 3.8) is 0 Å². The molecule has 0 bridgehead atoms. The molecule has 1 fully saturated rings. The Hall–Kier alpha value is -6.11. The molecule has 23 N–H and O–H groups in total. The smallest absolute Gasteiger partial charge is 0.245 e. The average molecular weight is 1140 g/mol. The lowest BCUT2D eigenvalue weighted by Gasteiger charge is -2.30. The van der Waals surface area contributed by atoms with Crippen molar-refractivity contribution in [3.8, 4) is 0 Å². The second kappa shape index (κ2) is 39.3. The number of hydrogen-bond acceptors (Lipinski definition) is 18. The van der Waals surface area contributed by atoms with Gasteiger partial charge in [-0.15, -0.1) is 0 Å². The summed E-state index contributed by atoms with van der Waals surface area (Å²) in [5.41, 5.74) is 29.1. The molecule has 1 aliphatic rings. The number of nitrogens with one attached hydrogen (secondary N) is 11. The van der Waals surface area contributed by atoms with E-state index in [9.17, 15) is 63.0 Å². The average Bonchev–Trinajstić information content (AvgIpc) is 3.40. The van der Waals surface area contributed by atoms with Gasteiger partial charge in [0.15, 0.2) is 0 Å². The maximum absolute atomic E-state index is 14.4. The van der Waals surface area contributed by atoms with Crippen LogP contribution in [0.2, 0.25) is 0 Å². The number of aliphatic hydroxyl groups excluding tert-OH is 2. The summed E-state index contributed by atoms with van der Waals surface area (Å²) in [7, 11) is 0. The van der Waals surface area contributed by atoms with Gasteiger partial charge in [-0.25, -0.2) is 0 Å². The van der Waals surface area contributed by atoms with Crippen LogP contribution >= 0.6 is 0 Å². The van der Waals surface area contributed by atoms with Crippen molar-refractivity contribution in [2.45, 2.75) is 198 Å². The number of carbonyl (C=O) groups excluding carboxylic acids is 11. The third-order valence-electron chi connectivity index (χ3n) is 13.3. The summed E-state index contributed by atoms with van der Waals surface area (Å²) in [4.78, 5) is 152. The maximum atomic E-state index is 14.4. The molecule has 0 aromatic heterocycles. The second-order valence-electron chi connectivity index (χ2n) is 20.6. The van der Waals surface area contributed by atoms with Crippen molar-refractivity contribution in [1.29, 1.82) is 0 Å². The van der Waals surface area contributed by atoms with E-state index in [-0.39, 0.29) is 83.6 Å². The van der Waals surface area contributed by atoms with Crippen LogP contribution in [0.15, 0.2) is 0 Å². The second-order valence-corrected chi connectivity index (χ2v) is 20.6. The monoisotopic (exact) mass is 1140 g/mol. The zero-order chi connectivity index (χ0) is 60.5. The van der Waals surface area contributed by atoms with Crippen LogP contribution in [0.3, 0.4) is 0 Å². The Morgan fingerprint density at radius 1 is 0.562 bits per heavy atom. The van der Waals surface area contributed by atoms with Crippen LogP contribution in [0.5, 0.6) is 0 Å². The molecule has 0 aromatic carbocycles. The van der Waals surface area contributed by atoms with E-state index in [4.69, 9.17) is 28.7 Å². The highest BCUT2D eigenvalue weighted by molar-refractivity contribution is 5.99. The lowest BCUT2D eigenvalue weighted by atomic mass is 9.96. The number of aliphatic hydroxyl groups is 2. The Labute approximate surface area is 469 Å². The van der Waals surface area contributed by atoms with E-state index in [2.05, 4.69) is 65.4 Å². The molecule has 80 heavy (non-hydrogen) atoms. The maximum Gasteiger partial charge on any atom is 0.245 e. The molecule has 1 rings (SSSR count). The summed E-state index contributed by atoms with van der Waals surface area (Å²) < 4.78 is 0. The van der Waals surface area contributed by atoms with Crippen LogP contribution in [-0.4, -0.2) is 188 Å². The predicted molar refractivity (Wildman–Crippen MR) is 296 cm³/mol. The van der Waals surface area contributed by atoms with Gasteiger partial charge in [0.05, 0.1) is 12.7 Å². The van der Waals surface area contributed by atoms with Gasteiger partial charge in [0, 0.05) is 13.0 Å². The van der Waals surface area contributed by atoms with Gasteiger partial charge < -0.3 is 97.4 Å². The van der Waals surface area contributed by atoms with E-state index < -0.39 is 157 Å². The first-order chi connectivity index (χ1) is 38.0. The molecule has 0 saturated carbocycles. The molecular weight excluding hydrogens is 1040 g/mol. The van der Waals surface area contributed by atoms with E-state index in [1.807, 2.05) is 0 Å². The predicted octanol–water partition coefficient (Wildman–Crippen LogP) is -6.08. The van der Waals surface area contributed by atoms with E-state index in [1.165, 1.54) is 6.92 Å². The molecule has 0 spiro atoms. The van der Waals surface area contributed by atoms with Crippen LogP contribution in [0, 0.1) is 11.8 Å². The largest absolute Gasteiger partial charge is 0.394 e. The van der Waals surface area contributed by atoms with Gasteiger partial charge in [0.25, 0.3) is 0 Å². The molecule has 1 heterocycles. The summed E-state index contributed by atoms with van der Waals surface area (Å²) in [6, 6.07) is -14.4. The van der Waals surface area contributed by atoms with Crippen LogP contribution in [0.1, 0.15) is 131 Å². The Morgan fingerprint density at radius 3 is 1.54 bits per heavy atom. The molecule has 1 aliphatic heterocycles. The zero-order valence-electron chi connectivity index (χ0n) is 47.6. The highest BCUT2D eigenvalue weighted by Crippen LogP contribution is 2.13. The summed E-state index contributed by atoms with van der Waals surface area (Å²) in [6.45, 7) is 8.23. The first kappa shape index (κ1) is 71.9. The summed E-state index contributed by atoms with van der Waals surface area (Å²) >= 11 is 0. The molecule has 0 aliphatic carbocycles. The highest BCUT2D eigenvalue weighted by Gasteiger charge is 2.37. The SMILES string of the molecule is CCCCCCCC(=O)N[C@@H](CCN)C(=O)N[C@H](C(=O)N[C@@H](CCN)C(=O)N[C@H]1CCNC(=O)[C@H](CO)NC(=O)[C@H](CCN)NC(=O)[C@H](CCN)NC(=O)[C@H]([C@@H](C)CC)NC(=O)[C@@H](CC(C)C)NC(=O)[C@H](CCN)NC1=O)[C@@H](C)O. The van der Waals surface area contributed by atoms with Crippen molar-refractivity contribution in [2.75, 3.05) is 45.9 Å². The zero-order valence-corrected chi connectivity index (χ0v) is 47.6. The third-order valence-corrected chi connectivity index (χ3v) is 13.3. The van der Waals surface area contributed by atoms with E-state index in [1.54, 1.807) is 27.7 Å². The first-order valence-electron chi connectivity index (χ1n) is 28.1. The van der Waals surface area contributed by atoms with Gasteiger partial charge in [0.1, 0.15) is 60.4 Å². The molecule has 0 unspecified atom stereocenters. The Kier molecular flexibility index (Phi) is 35.3.